The van der Waals surface area contributed by atoms with Crippen LogP contribution >= 0.6 is 11.3 Å². The van der Waals surface area contributed by atoms with Crippen molar-refractivity contribution in [3.63, 3.8) is 0 Å². The summed E-state index contributed by atoms with van der Waals surface area (Å²) in [5.74, 6) is -0.210. The quantitative estimate of drug-likeness (QED) is 0.742. The Kier molecular flexibility index (Phi) is 4.55. The standard InChI is InChI=1S/C9H14N2O2S/c1-13-9(12)3-2-7(10)4-8-5-14-6-11-8/h5-7H,2-4,10H2,1H3. The second-order valence-electron chi connectivity index (χ2n) is 3.06. The third-order valence-electron chi connectivity index (χ3n) is 1.90. The lowest BCUT2D eigenvalue weighted by Gasteiger charge is -2.08. The first kappa shape index (κ1) is 11.1. The molecule has 1 aromatic rings. The number of carbonyl (C=O) groups excluding carboxylic acids is 1. The second-order valence-corrected chi connectivity index (χ2v) is 3.78. The van der Waals surface area contributed by atoms with Gasteiger partial charge in [0.1, 0.15) is 0 Å². The first-order chi connectivity index (χ1) is 6.72. The van der Waals surface area contributed by atoms with Crippen LogP contribution in [0.2, 0.25) is 0 Å². The van der Waals surface area contributed by atoms with Crippen molar-refractivity contribution in [2.45, 2.75) is 25.3 Å². The molecule has 2 N–H and O–H groups in total. The van der Waals surface area contributed by atoms with Gasteiger partial charge in [-0.25, -0.2) is 4.98 Å². The molecule has 0 bridgehead atoms. The van der Waals surface area contributed by atoms with Gasteiger partial charge in [-0.2, -0.15) is 0 Å². The Bertz CT molecular complexity index is 274. The summed E-state index contributed by atoms with van der Waals surface area (Å²) in [6.45, 7) is 0. The van der Waals surface area contributed by atoms with Crippen LogP contribution in [0.25, 0.3) is 0 Å². The second kappa shape index (κ2) is 5.72. The average molecular weight is 214 g/mol. The van der Waals surface area contributed by atoms with Crippen LogP contribution in [0.15, 0.2) is 10.9 Å². The molecule has 4 nitrogen and oxygen atoms in total. The Balaban J connectivity index is 2.22. The van der Waals surface area contributed by atoms with Gasteiger partial charge in [-0.3, -0.25) is 4.79 Å². The van der Waals surface area contributed by atoms with Gasteiger partial charge in [-0.15, -0.1) is 11.3 Å². The summed E-state index contributed by atoms with van der Waals surface area (Å²) >= 11 is 1.55. The van der Waals surface area contributed by atoms with E-state index in [-0.39, 0.29) is 12.0 Å². The van der Waals surface area contributed by atoms with Gasteiger partial charge in [0.2, 0.25) is 0 Å². The first-order valence-corrected chi connectivity index (χ1v) is 5.36. The number of esters is 1. The molecule has 1 unspecified atom stereocenters. The number of aromatic nitrogens is 1. The predicted octanol–water partition coefficient (Wildman–Crippen LogP) is 0.966. The fraction of sp³-hybridized carbons (Fsp3) is 0.556. The maximum atomic E-state index is 10.8. The fourth-order valence-electron chi connectivity index (χ4n) is 1.11. The van der Waals surface area contributed by atoms with Crippen molar-refractivity contribution < 1.29 is 9.53 Å². The molecule has 14 heavy (non-hydrogen) atoms. The smallest absolute Gasteiger partial charge is 0.305 e. The van der Waals surface area contributed by atoms with Crippen LogP contribution in [0.3, 0.4) is 0 Å². The third kappa shape index (κ3) is 3.85. The molecular weight excluding hydrogens is 200 g/mol. The van der Waals surface area contributed by atoms with Crippen LogP contribution in [0, 0.1) is 0 Å². The number of thiazole rings is 1. The zero-order valence-electron chi connectivity index (χ0n) is 8.10. The van der Waals surface area contributed by atoms with Crippen LogP contribution in [-0.4, -0.2) is 24.1 Å². The number of ether oxygens (including phenoxy) is 1. The number of methoxy groups -OCH3 is 1. The van der Waals surface area contributed by atoms with Crippen LogP contribution in [0.5, 0.6) is 0 Å². The summed E-state index contributed by atoms with van der Waals surface area (Å²) in [7, 11) is 1.38. The highest BCUT2D eigenvalue weighted by molar-refractivity contribution is 7.07. The number of hydrogen-bond donors (Lipinski definition) is 1. The van der Waals surface area contributed by atoms with Gasteiger partial charge in [0.05, 0.1) is 18.3 Å². The monoisotopic (exact) mass is 214 g/mol. The highest BCUT2D eigenvalue weighted by Gasteiger charge is 2.08. The van der Waals surface area contributed by atoms with E-state index < -0.39 is 0 Å². The van der Waals surface area contributed by atoms with Gasteiger partial charge in [0, 0.05) is 24.3 Å². The van der Waals surface area contributed by atoms with E-state index in [4.69, 9.17) is 5.73 Å². The van der Waals surface area contributed by atoms with Crippen molar-refractivity contribution in [1.29, 1.82) is 0 Å². The minimum atomic E-state index is -0.210. The molecule has 1 rings (SSSR count). The third-order valence-corrected chi connectivity index (χ3v) is 2.54. The molecule has 0 saturated carbocycles. The molecule has 0 radical (unpaired) electrons. The summed E-state index contributed by atoms with van der Waals surface area (Å²) in [5, 5.41) is 1.97. The van der Waals surface area contributed by atoms with Gasteiger partial charge in [0.25, 0.3) is 0 Å². The molecular formula is C9H14N2O2S. The van der Waals surface area contributed by atoms with Gasteiger partial charge in [0.15, 0.2) is 0 Å². The van der Waals surface area contributed by atoms with E-state index in [1.807, 2.05) is 5.38 Å². The molecule has 78 valence electrons. The summed E-state index contributed by atoms with van der Waals surface area (Å²) in [5.41, 5.74) is 8.60. The van der Waals surface area contributed by atoms with Gasteiger partial charge < -0.3 is 10.5 Å². The molecule has 0 aromatic carbocycles. The van der Waals surface area contributed by atoms with E-state index in [1.165, 1.54) is 7.11 Å². The highest BCUT2D eigenvalue weighted by atomic mass is 32.1. The topological polar surface area (TPSA) is 65.2 Å². The van der Waals surface area contributed by atoms with E-state index in [0.29, 0.717) is 12.8 Å². The van der Waals surface area contributed by atoms with Crippen molar-refractivity contribution in [2.24, 2.45) is 5.73 Å². The highest BCUT2D eigenvalue weighted by Crippen LogP contribution is 2.06. The number of carbonyl (C=O) groups is 1. The van der Waals surface area contributed by atoms with E-state index >= 15 is 0 Å². The van der Waals surface area contributed by atoms with E-state index in [9.17, 15) is 4.79 Å². The van der Waals surface area contributed by atoms with Crippen LogP contribution < -0.4 is 5.73 Å². The largest absolute Gasteiger partial charge is 0.469 e. The van der Waals surface area contributed by atoms with Crippen LogP contribution in [0.4, 0.5) is 0 Å². The Hall–Kier alpha value is -0.940. The van der Waals surface area contributed by atoms with Crippen molar-refractivity contribution in [3.05, 3.63) is 16.6 Å². The van der Waals surface area contributed by atoms with E-state index in [2.05, 4.69) is 9.72 Å². The molecule has 0 aliphatic rings. The summed E-state index contributed by atoms with van der Waals surface area (Å²) in [4.78, 5) is 15.0. The maximum absolute atomic E-state index is 10.8. The minimum absolute atomic E-state index is 0.0174. The fourth-order valence-corrected chi connectivity index (χ4v) is 1.69. The summed E-state index contributed by atoms with van der Waals surface area (Å²) < 4.78 is 4.53. The normalized spacial score (nSPS) is 12.4. The van der Waals surface area contributed by atoms with Gasteiger partial charge in [-0.05, 0) is 6.42 Å². The zero-order chi connectivity index (χ0) is 10.4. The molecule has 0 aliphatic carbocycles. The molecule has 0 aliphatic heterocycles. The molecule has 1 heterocycles. The molecule has 0 amide bonds. The SMILES string of the molecule is COC(=O)CCC(N)Cc1cscn1. The van der Waals surface area contributed by atoms with Crippen LogP contribution in [0.1, 0.15) is 18.5 Å². The molecule has 1 atom stereocenters. The lowest BCUT2D eigenvalue weighted by atomic mass is 10.1. The molecule has 0 saturated heterocycles. The summed E-state index contributed by atoms with van der Waals surface area (Å²) in [6.07, 6.45) is 1.74. The Morgan fingerprint density at radius 2 is 2.57 bits per heavy atom. The maximum Gasteiger partial charge on any atom is 0.305 e. The van der Waals surface area contributed by atoms with Crippen molar-refractivity contribution in [3.8, 4) is 0 Å². The Morgan fingerprint density at radius 1 is 1.79 bits per heavy atom. The molecule has 0 spiro atoms. The first-order valence-electron chi connectivity index (χ1n) is 4.42. The number of hydrogen-bond acceptors (Lipinski definition) is 5. The molecule has 0 fully saturated rings. The predicted molar refractivity (Wildman–Crippen MR) is 55.0 cm³/mol. The lowest BCUT2D eigenvalue weighted by molar-refractivity contribution is -0.140. The van der Waals surface area contributed by atoms with Crippen LogP contribution in [-0.2, 0) is 16.0 Å². The van der Waals surface area contributed by atoms with Gasteiger partial charge in [-0.1, -0.05) is 0 Å². The summed E-state index contributed by atoms with van der Waals surface area (Å²) in [6, 6.07) is -0.0174. The van der Waals surface area contributed by atoms with Gasteiger partial charge >= 0.3 is 5.97 Å². The van der Waals surface area contributed by atoms with Crippen molar-refractivity contribution in [2.75, 3.05) is 7.11 Å². The van der Waals surface area contributed by atoms with E-state index in [1.54, 1.807) is 16.8 Å². The molecule has 5 heteroatoms. The minimum Gasteiger partial charge on any atom is -0.469 e. The van der Waals surface area contributed by atoms with Crippen molar-refractivity contribution >= 4 is 17.3 Å². The lowest BCUT2D eigenvalue weighted by Crippen LogP contribution is -2.24. The average Bonchev–Trinajstić information content (AvgIpc) is 2.66. The van der Waals surface area contributed by atoms with Crippen molar-refractivity contribution in [1.82, 2.24) is 4.98 Å². The number of nitrogens with two attached hydrogens (primary N) is 1. The number of nitrogens with zero attached hydrogens (tertiary/aromatic N) is 1. The Morgan fingerprint density at radius 3 is 3.14 bits per heavy atom. The number of rotatable bonds is 5. The van der Waals surface area contributed by atoms with E-state index in [0.717, 1.165) is 12.1 Å². The zero-order valence-corrected chi connectivity index (χ0v) is 8.92. The molecule has 1 aromatic heterocycles. The Labute approximate surface area is 87.1 Å².